The number of hydrogen-bond donors (Lipinski definition) is 0. The highest BCUT2D eigenvalue weighted by molar-refractivity contribution is 6.17. The van der Waals surface area contributed by atoms with Gasteiger partial charge in [-0.3, -0.25) is 0 Å². The van der Waals surface area contributed by atoms with Crippen LogP contribution in [0.3, 0.4) is 0 Å². The van der Waals surface area contributed by atoms with Crippen molar-refractivity contribution in [2.75, 3.05) is 5.88 Å². The molecule has 0 spiro atoms. The summed E-state index contributed by atoms with van der Waals surface area (Å²) in [5.74, 6) is 0.775. The molecule has 0 aromatic rings. The van der Waals surface area contributed by atoms with Gasteiger partial charge in [0.25, 0.3) is 0 Å². The Hall–Kier alpha value is -0.490. The van der Waals surface area contributed by atoms with Gasteiger partial charge in [0, 0.05) is 5.88 Å². The number of alkyl halides is 1. The number of rotatable bonds is 9. The monoisotopic (exact) mass is 240 g/mol. The first-order valence-electron chi connectivity index (χ1n) is 6.29. The summed E-state index contributed by atoms with van der Waals surface area (Å²) in [5, 5.41) is 0. The minimum Gasteiger partial charge on any atom is -0.127 e. The Morgan fingerprint density at radius 1 is 1.12 bits per heavy atom. The third-order valence-corrected chi connectivity index (χ3v) is 2.89. The first kappa shape index (κ1) is 15.5. The van der Waals surface area contributed by atoms with Crippen molar-refractivity contribution < 1.29 is 0 Å². The van der Waals surface area contributed by atoms with Crippen molar-refractivity contribution in [1.29, 1.82) is 0 Å². The van der Waals surface area contributed by atoms with E-state index in [-0.39, 0.29) is 0 Å². The average Bonchev–Trinajstić information content (AvgIpc) is 2.30. The van der Waals surface area contributed by atoms with Crippen molar-refractivity contribution in [1.82, 2.24) is 0 Å². The van der Waals surface area contributed by atoms with Crippen LogP contribution in [0.1, 0.15) is 52.4 Å². The van der Waals surface area contributed by atoms with Crippen LogP contribution >= 0.6 is 11.6 Å². The molecule has 0 fully saturated rings. The molecule has 0 N–H and O–H groups in total. The van der Waals surface area contributed by atoms with E-state index in [0.717, 1.165) is 25.1 Å². The molecule has 0 aliphatic heterocycles. The van der Waals surface area contributed by atoms with E-state index in [4.69, 9.17) is 11.6 Å². The molecule has 0 atom stereocenters. The summed E-state index contributed by atoms with van der Waals surface area (Å²) in [5.41, 5.74) is 2.78. The Morgan fingerprint density at radius 3 is 2.44 bits per heavy atom. The van der Waals surface area contributed by atoms with Gasteiger partial charge in [0.05, 0.1) is 0 Å². The van der Waals surface area contributed by atoms with Gasteiger partial charge in [0.1, 0.15) is 0 Å². The van der Waals surface area contributed by atoms with Gasteiger partial charge in [-0.05, 0) is 44.6 Å². The third-order valence-electron chi connectivity index (χ3n) is 2.62. The zero-order valence-electron chi connectivity index (χ0n) is 10.8. The molecule has 0 aliphatic rings. The minimum absolute atomic E-state index is 0.775. The minimum atomic E-state index is 0.775. The molecular formula is C15H25Cl. The summed E-state index contributed by atoms with van der Waals surface area (Å²) in [7, 11) is 0. The molecule has 0 radical (unpaired) electrons. The summed E-state index contributed by atoms with van der Waals surface area (Å²) in [6.07, 6.45) is 13.5. The van der Waals surface area contributed by atoms with Gasteiger partial charge >= 0.3 is 0 Å². The Kier molecular flexibility index (Phi) is 10.7. The smallest absolute Gasteiger partial charge is 0.0223 e. The van der Waals surface area contributed by atoms with Gasteiger partial charge in [0.2, 0.25) is 0 Å². The second-order valence-corrected chi connectivity index (χ2v) is 4.59. The molecule has 16 heavy (non-hydrogen) atoms. The molecule has 1 heteroatoms. The van der Waals surface area contributed by atoms with Crippen LogP contribution in [0.2, 0.25) is 0 Å². The van der Waals surface area contributed by atoms with E-state index in [2.05, 4.69) is 32.6 Å². The summed E-state index contributed by atoms with van der Waals surface area (Å²) >= 11 is 5.65. The first-order valence-corrected chi connectivity index (χ1v) is 6.82. The van der Waals surface area contributed by atoms with Gasteiger partial charge in [-0.1, -0.05) is 43.7 Å². The van der Waals surface area contributed by atoms with Crippen LogP contribution < -0.4 is 0 Å². The first-order chi connectivity index (χ1) is 7.74. The second kappa shape index (κ2) is 11.0. The van der Waals surface area contributed by atoms with Gasteiger partial charge in [0.15, 0.2) is 0 Å². The van der Waals surface area contributed by atoms with Crippen molar-refractivity contribution in [3.8, 4) is 0 Å². The number of allylic oxidation sites excluding steroid dienone is 5. The standard InChI is InChI=1S/C15H25Cl/c1-4-6-10-15(5-2)12-11-14(3)9-7-8-13-16/h5,11-12H,2,4,6-10,13H2,1,3H3/b14-11+,15-12+. The lowest BCUT2D eigenvalue weighted by atomic mass is 10.1. The van der Waals surface area contributed by atoms with Crippen molar-refractivity contribution in [2.24, 2.45) is 0 Å². The molecular weight excluding hydrogens is 216 g/mol. The van der Waals surface area contributed by atoms with Crippen molar-refractivity contribution in [3.05, 3.63) is 36.0 Å². The highest BCUT2D eigenvalue weighted by Crippen LogP contribution is 2.11. The Balaban J connectivity index is 4.05. The van der Waals surface area contributed by atoms with E-state index in [9.17, 15) is 0 Å². The van der Waals surface area contributed by atoms with E-state index >= 15 is 0 Å². The van der Waals surface area contributed by atoms with E-state index in [1.165, 1.54) is 30.4 Å². The van der Waals surface area contributed by atoms with Gasteiger partial charge in [-0.15, -0.1) is 11.6 Å². The summed E-state index contributed by atoms with van der Waals surface area (Å²) in [6.45, 7) is 8.25. The van der Waals surface area contributed by atoms with Crippen LogP contribution in [0.15, 0.2) is 36.0 Å². The predicted octanol–water partition coefficient (Wildman–Crippen LogP) is 5.64. The van der Waals surface area contributed by atoms with Crippen LogP contribution in [0, 0.1) is 0 Å². The number of halogens is 1. The zero-order valence-corrected chi connectivity index (χ0v) is 11.5. The fourth-order valence-corrected chi connectivity index (χ4v) is 1.65. The maximum absolute atomic E-state index is 5.65. The molecule has 0 heterocycles. The summed E-state index contributed by atoms with van der Waals surface area (Å²) < 4.78 is 0. The SMILES string of the molecule is C=C/C(=C\C=C(/C)CCCCCl)CCCC. The van der Waals surface area contributed by atoms with Gasteiger partial charge in [-0.2, -0.15) is 0 Å². The molecule has 0 bridgehead atoms. The summed E-state index contributed by atoms with van der Waals surface area (Å²) in [4.78, 5) is 0. The highest BCUT2D eigenvalue weighted by atomic mass is 35.5. The second-order valence-electron chi connectivity index (χ2n) is 4.21. The Labute approximate surface area is 106 Å². The predicted molar refractivity (Wildman–Crippen MR) is 76.1 cm³/mol. The molecule has 0 rings (SSSR count). The van der Waals surface area contributed by atoms with E-state index in [1.54, 1.807) is 0 Å². The topological polar surface area (TPSA) is 0 Å². The van der Waals surface area contributed by atoms with Crippen LogP contribution in [0.25, 0.3) is 0 Å². The molecule has 0 unspecified atom stereocenters. The largest absolute Gasteiger partial charge is 0.127 e. The van der Waals surface area contributed by atoms with E-state index in [0.29, 0.717) is 0 Å². The fraction of sp³-hybridized carbons (Fsp3) is 0.600. The maximum atomic E-state index is 5.65. The quantitative estimate of drug-likeness (QED) is 0.278. The Morgan fingerprint density at radius 2 is 1.88 bits per heavy atom. The Bertz CT molecular complexity index is 236. The van der Waals surface area contributed by atoms with Gasteiger partial charge < -0.3 is 0 Å². The highest BCUT2D eigenvalue weighted by Gasteiger charge is 1.92. The molecule has 0 aliphatic carbocycles. The summed E-state index contributed by atoms with van der Waals surface area (Å²) in [6, 6.07) is 0. The zero-order chi connectivity index (χ0) is 12.2. The lowest BCUT2D eigenvalue weighted by molar-refractivity contribution is 0.789. The van der Waals surface area contributed by atoms with E-state index in [1.807, 2.05) is 6.08 Å². The number of unbranched alkanes of at least 4 members (excludes halogenated alkanes) is 2. The van der Waals surface area contributed by atoms with Crippen molar-refractivity contribution >= 4 is 11.6 Å². The third kappa shape index (κ3) is 8.79. The van der Waals surface area contributed by atoms with Crippen LogP contribution in [-0.4, -0.2) is 5.88 Å². The molecule has 0 amide bonds. The lowest BCUT2D eigenvalue weighted by Gasteiger charge is -2.01. The molecule has 0 saturated carbocycles. The number of hydrogen-bond acceptors (Lipinski definition) is 0. The normalized spacial score (nSPS) is 12.9. The molecule has 0 aromatic carbocycles. The maximum Gasteiger partial charge on any atom is 0.0223 e. The molecule has 0 nitrogen and oxygen atoms in total. The molecule has 0 aromatic heterocycles. The average molecular weight is 241 g/mol. The van der Waals surface area contributed by atoms with Crippen LogP contribution in [-0.2, 0) is 0 Å². The lowest BCUT2D eigenvalue weighted by Crippen LogP contribution is -1.82. The molecule has 0 saturated heterocycles. The van der Waals surface area contributed by atoms with Gasteiger partial charge in [-0.25, -0.2) is 0 Å². The van der Waals surface area contributed by atoms with Crippen molar-refractivity contribution in [3.63, 3.8) is 0 Å². The molecule has 92 valence electrons. The van der Waals surface area contributed by atoms with Crippen LogP contribution in [0.4, 0.5) is 0 Å². The fourth-order valence-electron chi connectivity index (χ4n) is 1.47. The van der Waals surface area contributed by atoms with Crippen LogP contribution in [0.5, 0.6) is 0 Å². The van der Waals surface area contributed by atoms with E-state index < -0.39 is 0 Å². The van der Waals surface area contributed by atoms with Crippen molar-refractivity contribution in [2.45, 2.75) is 52.4 Å².